The topological polar surface area (TPSA) is 66.4 Å². The van der Waals surface area contributed by atoms with Crippen LogP contribution in [0.3, 0.4) is 0 Å². The predicted octanol–water partition coefficient (Wildman–Crippen LogP) is 3.79. The van der Waals surface area contributed by atoms with Crippen molar-refractivity contribution in [3.05, 3.63) is 77.9 Å². The van der Waals surface area contributed by atoms with E-state index in [1.165, 1.54) is 12.1 Å². The molecule has 0 aliphatic heterocycles. The van der Waals surface area contributed by atoms with Crippen molar-refractivity contribution in [2.75, 3.05) is 5.32 Å². The molecule has 0 aliphatic rings. The van der Waals surface area contributed by atoms with E-state index in [-0.39, 0.29) is 11.1 Å². The molecule has 1 amide bonds. The summed E-state index contributed by atoms with van der Waals surface area (Å²) in [5.41, 5.74) is 0.757. The second-order valence-electron chi connectivity index (χ2n) is 4.87. The number of amides is 1. The lowest BCUT2D eigenvalue weighted by molar-refractivity contribution is 0.0692. The van der Waals surface area contributed by atoms with Crippen molar-refractivity contribution in [2.45, 2.75) is 0 Å². The van der Waals surface area contributed by atoms with Gasteiger partial charge in [0.05, 0.1) is 11.1 Å². The van der Waals surface area contributed by atoms with Crippen LogP contribution in [0.15, 0.2) is 66.7 Å². The Morgan fingerprint density at radius 3 is 2.14 bits per heavy atom. The van der Waals surface area contributed by atoms with Crippen molar-refractivity contribution < 1.29 is 14.7 Å². The third kappa shape index (κ3) is 2.67. The van der Waals surface area contributed by atoms with E-state index in [4.69, 9.17) is 5.11 Å². The highest BCUT2D eigenvalue weighted by Crippen LogP contribution is 2.20. The predicted molar refractivity (Wildman–Crippen MR) is 85.3 cm³/mol. The molecule has 4 nitrogen and oxygen atoms in total. The smallest absolute Gasteiger partial charge is 0.336 e. The van der Waals surface area contributed by atoms with Crippen LogP contribution >= 0.6 is 0 Å². The summed E-state index contributed by atoms with van der Waals surface area (Å²) in [5, 5.41) is 14.0. The second kappa shape index (κ2) is 5.69. The van der Waals surface area contributed by atoms with Crippen molar-refractivity contribution in [3.8, 4) is 0 Å². The first-order chi connectivity index (χ1) is 10.6. The molecule has 0 saturated carbocycles. The van der Waals surface area contributed by atoms with Crippen molar-refractivity contribution in [3.63, 3.8) is 0 Å². The summed E-state index contributed by atoms with van der Waals surface area (Å²) in [6.07, 6.45) is 0. The van der Waals surface area contributed by atoms with Crippen molar-refractivity contribution >= 4 is 28.3 Å². The molecule has 0 fully saturated rings. The number of nitrogens with one attached hydrogen (secondary N) is 1. The first-order valence-corrected chi connectivity index (χ1v) is 6.77. The van der Waals surface area contributed by atoms with Gasteiger partial charge in [-0.05, 0) is 35.0 Å². The number of rotatable bonds is 3. The number of hydrogen-bond acceptors (Lipinski definition) is 2. The molecule has 0 radical (unpaired) electrons. The molecular formula is C18H13NO3. The number of hydrogen-bond donors (Lipinski definition) is 2. The minimum atomic E-state index is -1.12. The van der Waals surface area contributed by atoms with Gasteiger partial charge in [0.25, 0.3) is 5.91 Å². The summed E-state index contributed by atoms with van der Waals surface area (Å²) in [6, 6.07) is 19.5. The third-order valence-electron chi connectivity index (χ3n) is 3.41. The Labute approximate surface area is 127 Å². The average molecular weight is 291 g/mol. The van der Waals surface area contributed by atoms with Gasteiger partial charge in [-0.25, -0.2) is 4.79 Å². The molecule has 3 aromatic carbocycles. The van der Waals surface area contributed by atoms with Crippen LogP contribution in [-0.2, 0) is 0 Å². The molecule has 0 aliphatic carbocycles. The number of aromatic carboxylic acids is 1. The van der Waals surface area contributed by atoms with Gasteiger partial charge in [-0.3, -0.25) is 4.79 Å². The number of fused-ring (bicyclic) bond motifs is 1. The molecule has 0 bridgehead atoms. The van der Waals surface area contributed by atoms with E-state index in [9.17, 15) is 9.59 Å². The van der Waals surface area contributed by atoms with E-state index < -0.39 is 11.9 Å². The quantitative estimate of drug-likeness (QED) is 0.771. The van der Waals surface area contributed by atoms with Gasteiger partial charge >= 0.3 is 5.97 Å². The van der Waals surface area contributed by atoms with Gasteiger partial charge in [0.2, 0.25) is 0 Å². The van der Waals surface area contributed by atoms with Gasteiger partial charge in [0, 0.05) is 5.69 Å². The summed E-state index contributed by atoms with van der Waals surface area (Å²) in [7, 11) is 0. The molecule has 108 valence electrons. The Bertz CT molecular complexity index is 871. The molecule has 22 heavy (non-hydrogen) atoms. The molecule has 3 aromatic rings. The number of carboxylic acids is 1. The number of carbonyl (C=O) groups is 2. The van der Waals surface area contributed by atoms with Crippen LogP contribution in [0.1, 0.15) is 20.7 Å². The van der Waals surface area contributed by atoms with Gasteiger partial charge in [-0.1, -0.05) is 42.5 Å². The zero-order valence-corrected chi connectivity index (χ0v) is 11.6. The first kappa shape index (κ1) is 13.8. The fraction of sp³-hybridized carbons (Fsp3) is 0. The number of anilines is 1. The van der Waals surface area contributed by atoms with Crippen LogP contribution in [0.25, 0.3) is 10.8 Å². The van der Waals surface area contributed by atoms with Gasteiger partial charge in [0.15, 0.2) is 0 Å². The largest absolute Gasteiger partial charge is 0.478 e. The Balaban J connectivity index is 1.91. The van der Waals surface area contributed by atoms with E-state index >= 15 is 0 Å². The third-order valence-corrected chi connectivity index (χ3v) is 3.41. The fourth-order valence-electron chi connectivity index (χ4n) is 2.33. The maximum Gasteiger partial charge on any atom is 0.336 e. The average Bonchev–Trinajstić information content (AvgIpc) is 2.54. The van der Waals surface area contributed by atoms with Crippen LogP contribution in [0.5, 0.6) is 0 Å². The number of carbonyl (C=O) groups excluding carboxylic acids is 1. The standard InChI is InChI=1S/C18H13NO3/c20-17(15-7-3-4-8-16(15)18(21)22)19-14-10-9-12-5-1-2-6-13(12)11-14/h1-11H,(H,19,20)(H,21,22). The van der Waals surface area contributed by atoms with E-state index in [1.54, 1.807) is 18.2 Å². The van der Waals surface area contributed by atoms with Crippen LogP contribution in [-0.4, -0.2) is 17.0 Å². The second-order valence-corrected chi connectivity index (χ2v) is 4.87. The highest BCUT2D eigenvalue weighted by Gasteiger charge is 2.15. The Morgan fingerprint density at radius 2 is 1.41 bits per heavy atom. The summed E-state index contributed by atoms with van der Waals surface area (Å²) < 4.78 is 0. The van der Waals surface area contributed by atoms with Crippen LogP contribution in [0, 0.1) is 0 Å². The molecule has 0 atom stereocenters. The highest BCUT2D eigenvalue weighted by atomic mass is 16.4. The number of benzene rings is 3. The normalized spacial score (nSPS) is 10.4. The zero-order chi connectivity index (χ0) is 15.5. The summed E-state index contributed by atoms with van der Waals surface area (Å²) >= 11 is 0. The van der Waals surface area contributed by atoms with Crippen molar-refractivity contribution in [1.29, 1.82) is 0 Å². The van der Waals surface area contributed by atoms with Crippen molar-refractivity contribution in [2.24, 2.45) is 0 Å². The molecule has 4 heteroatoms. The van der Waals surface area contributed by atoms with Crippen LogP contribution in [0.4, 0.5) is 5.69 Å². The van der Waals surface area contributed by atoms with E-state index in [1.807, 2.05) is 36.4 Å². The monoisotopic (exact) mass is 291 g/mol. The summed E-state index contributed by atoms with van der Waals surface area (Å²) in [6.45, 7) is 0. The van der Waals surface area contributed by atoms with E-state index in [0.717, 1.165) is 10.8 Å². The van der Waals surface area contributed by atoms with E-state index in [2.05, 4.69) is 5.32 Å². The van der Waals surface area contributed by atoms with E-state index in [0.29, 0.717) is 5.69 Å². The molecule has 3 rings (SSSR count). The maximum atomic E-state index is 12.3. The van der Waals surface area contributed by atoms with Gasteiger partial charge < -0.3 is 10.4 Å². The molecule has 0 spiro atoms. The fourth-order valence-corrected chi connectivity index (χ4v) is 2.33. The molecule has 0 heterocycles. The lowest BCUT2D eigenvalue weighted by Gasteiger charge is -2.08. The zero-order valence-electron chi connectivity index (χ0n) is 11.6. The van der Waals surface area contributed by atoms with Gasteiger partial charge in [0.1, 0.15) is 0 Å². The van der Waals surface area contributed by atoms with Crippen LogP contribution < -0.4 is 5.32 Å². The maximum absolute atomic E-state index is 12.3. The van der Waals surface area contributed by atoms with Crippen LogP contribution in [0.2, 0.25) is 0 Å². The Hall–Kier alpha value is -3.14. The summed E-state index contributed by atoms with van der Waals surface area (Å²) in [4.78, 5) is 23.5. The minimum absolute atomic E-state index is 0.0132. The van der Waals surface area contributed by atoms with Gasteiger partial charge in [-0.2, -0.15) is 0 Å². The van der Waals surface area contributed by atoms with Gasteiger partial charge in [-0.15, -0.1) is 0 Å². The van der Waals surface area contributed by atoms with Crippen molar-refractivity contribution in [1.82, 2.24) is 0 Å². The highest BCUT2D eigenvalue weighted by molar-refractivity contribution is 6.11. The molecule has 2 N–H and O–H groups in total. The lowest BCUT2D eigenvalue weighted by atomic mass is 10.1. The number of carboxylic acid groups (broad SMARTS) is 1. The SMILES string of the molecule is O=C(O)c1ccccc1C(=O)Nc1ccc2ccccc2c1. The molecule has 0 aromatic heterocycles. The molecule has 0 unspecified atom stereocenters. The first-order valence-electron chi connectivity index (χ1n) is 6.77. The molecular weight excluding hydrogens is 278 g/mol. The lowest BCUT2D eigenvalue weighted by Crippen LogP contribution is -2.16. The Kier molecular flexibility index (Phi) is 3.58. The summed E-state index contributed by atoms with van der Waals surface area (Å²) in [5.74, 6) is -1.56. The Morgan fingerprint density at radius 1 is 0.773 bits per heavy atom. The molecule has 0 saturated heterocycles. The minimum Gasteiger partial charge on any atom is -0.478 e.